The quantitative estimate of drug-likeness (QED) is 0.284. The Morgan fingerprint density at radius 3 is 2.21 bits per heavy atom. The second-order valence-electron chi connectivity index (χ2n) is 17.1. The van der Waals surface area contributed by atoms with Crippen molar-refractivity contribution in [3.8, 4) is 0 Å². The second kappa shape index (κ2) is 9.93. The van der Waals surface area contributed by atoms with Crippen molar-refractivity contribution < 1.29 is 24.2 Å². The molecule has 4 fully saturated rings. The Hall–Kier alpha value is -2.14. The van der Waals surface area contributed by atoms with Crippen LogP contribution in [0, 0.1) is 50.2 Å². The molecule has 236 valence electrons. The van der Waals surface area contributed by atoms with E-state index in [0.717, 1.165) is 51.4 Å². The summed E-state index contributed by atoms with van der Waals surface area (Å²) >= 11 is 0. The van der Waals surface area contributed by atoms with Gasteiger partial charge in [0.2, 0.25) is 0 Å². The van der Waals surface area contributed by atoms with Crippen LogP contribution in [0.15, 0.2) is 42.0 Å². The largest absolute Gasteiger partial charge is 0.469 e. The highest BCUT2D eigenvalue weighted by Crippen LogP contribution is 2.76. The Labute approximate surface area is 259 Å². The van der Waals surface area contributed by atoms with Crippen molar-refractivity contribution >= 4 is 11.9 Å². The molecule has 1 aromatic rings. The minimum absolute atomic E-state index is 0.00927. The molecular weight excluding hydrogens is 536 g/mol. The number of methoxy groups -OCH3 is 1. The van der Waals surface area contributed by atoms with Gasteiger partial charge in [-0.1, -0.05) is 78.3 Å². The number of hydrogen-bond acceptors (Lipinski definition) is 5. The second-order valence-corrected chi connectivity index (χ2v) is 17.1. The molecule has 0 bridgehead atoms. The van der Waals surface area contributed by atoms with Gasteiger partial charge < -0.3 is 14.6 Å². The van der Waals surface area contributed by atoms with Gasteiger partial charge in [0.05, 0.1) is 24.2 Å². The molecule has 5 nitrogen and oxygen atoms in total. The van der Waals surface area contributed by atoms with Crippen LogP contribution >= 0.6 is 0 Å². The van der Waals surface area contributed by atoms with E-state index in [1.807, 2.05) is 18.2 Å². The Morgan fingerprint density at radius 2 is 1.53 bits per heavy atom. The number of hydrogen-bond donors (Lipinski definition) is 1. The van der Waals surface area contributed by atoms with Crippen LogP contribution in [0.25, 0.3) is 0 Å². The summed E-state index contributed by atoms with van der Waals surface area (Å²) in [6.07, 6.45) is 9.95. The van der Waals surface area contributed by atoms with Gasteiger partial charge in [-0.05, 0) is 115 Å². The number of benzene rings is 1. The maximum absolute atomic E-state index is 13.5. The summed E-state index contributed by atoms with van der Waals surface area (Å²) in [5.74, 6) is 0.564. The average Bonchev–Trinajstić information content (AvgIpc) is 2.96. The number of esters is 2. The zero-order valence-electron chi connectivity index (χ0n) is 27.8. The van der Waals surface area contributed by atoms with E-state index in [2.05, 4.69) is 54.5 Å². The van der Waals surface area contributed by atoms with E-state index in [9.17, 15) is 14.7 Å². The van der Waals surface area contributed by atoms with Gasteiger partial charge in [0.15, 0.2) is 0 Å². The van der Waals surface area contributed by atoms with Gasteiger partial charge in [-0.2, -0.15) is 0 Å². The lowest BCUT2D eigenvalue weighted by atomic mass is 9.33. The Kier molecular flexibility index (Phi) is 7.13. The molecular formula is C38H54O5. The highest BCUT2D eigenvalue weighted by Gasteiger charge is 2.70. The molecule has 5 aliphatic carbocycles. The summed E-state index contributed by atoms with van der Waals surface area (Å²) < 4.78 is 11.7. The van der Waals surface area contributed by atoms with Crippen molar-refractivity contribution in [3.05, 3.63) is 47.5 Å². The maximum Gasteiger partial charge on any atom is 0.338 e. The molecule has 0 heterocycles. The van der Waals surface area contributed by atoms with Crippen LogP contribution in [0.4, 0.5) is 0 Å². The number of carbonyl (C=O) groups is 2. The van der Waals surface area contributed by atoms with E-state index >= 15 is 0 Å². The molecule has 0 amide bonds. The van der Waals surface area contributed by atoms with Gasteiger partial charge in [0.1, 0.15) is 6.10 Å². The van der Waals surface area contributed by atoms with Crippen molar-refractivity contribution in [2.45, 2.75) is 118 Å². The van der Waals surface area contributed by atoms with Gasteiger partial charge in [-0.3, -0.25) is 4.79 Å². The van der Waals surface area contributed by atoms with Crippen molar-refractivity contribution in [2.75, 3.05) is 7.11 Å². The Balaban J connectivity index is 1.39. The first-order valence-corrected chi connectivity index (χ1v) is 16.8. The van der Waals surface area contributed by atoms with Gasteiger partial charge in [-0.25, -0.2) is 4.79 Å². The molecule has 9 unspecified atom stereocenters. The number of fused-ring (bicyclic) bond motifs is 7. The van der Waals surface area contributed by atoms with Crippen LogP contribution in [0.1, 0.15) is 117 Å². The summed E-state index contributed by atoms with van der Waals surface area (Å²) in [4.78, 5) is 26.8. The molecule has 0 aliphatic heterocycles. The lowest BCUT2D eigenvalue weighted by Crippen LogP contribution is -2.67. The number of allylic oxidation sites excluding steroid dienone is 2. The lowest BCUT2D eigenvalue weighted by Gasteiger charge is -2.71. The minimum Gasteiger partial charge on any atom is -0.469 e. The van der Waals surface area contributed by atoms with Crippen LogP contribution in [0.2, 0.25) is 0 Å². The fraction of sp³-hybridized carbons (Fsp3) is 0.737. The van der Waals surface area contributed by atoms with E-state index in [4.69, 9.17) is 9.47 Å². The van der Waals surface area contributed by atoms with Crippen LogP contribution in [-0.4, -0.2) is 36.4 Å². The number of ether oxygens (including phenoxy) is 2. The topological polar surface area (TPSA) is 72.8 Å². The summed E-state index contributed by atoms with van der Waals surface area (Å²) in [6, 6.07) is 9.15. The molecule has 1 N–H and O–H groups in total. The third-order valence-electron chi connectivity index (χ3n) is 14.4. The molecule has 1 aromatic carbocycles. The predicted molar refractivity (Wildman–Crippen MR) is 168 cm³/mol. The molecule has 9 atom stereocenters. The van der Waals surface area contributed by atoms with Crippen LogP contribution in [-0.2, 0) is 14.3 Å². The first-order valence-electron chi connectivity index (χ1n) is 16.8. The van der Waals surface area contributed by atoms with Gasteiger partial charge in [0, 0.05) is 0 Å². The minimum atomic E-state index is -0.715. The smallest absolute Gasteiger partial charge is 0.338 e. The van der Waals surface area contributed by atoms with Gasteiger partial charge in [0.25, 0.3) is 0 Å². The number of rotatable bonds is 3. The highest BCUT2D eigenvalue weighted by atomic mass is 16.6. The van der Waals surface area contributed by atoms with Crippen molar-refractivity contribution in [1.29, 1.82) is 0 Å². The SMILES string of the molecule is COC(=O)C12CCC(C)(C)CC1C1=CCC3C4(C)CC(OC(=O)c5ccccc5)C(O)C(C)(C)C4CCC3(C)C1(C)CC2. The van der Waals surface area contributed by atoms with Crippen molar-refractivity contribution in [3.63, 3.8) is 0 Å². The van der Waals surface area contributed by atoms with Crippen molar-refractivity contribution in [2.24, 2.45) is 50.2 Å². The number of aliphatic hydroxyl groups excluding tert-OH is 1. The molecule has 0 spiro atoms. The van der Waals surface area contributed by atoms with E-state index in [-0.39, 0.29) is 44.9 Å². The molecule has 43 heavy (non-hydrogen) atoms. The van der Waals surface area contributed by atoms with Crippen LogP contribution in [0.3, 0.4) is 0 Å². The Morgan fingerprint density at radius 1 is 0.860 bits per heavy atom. The number of aliphatic hydroxyl groups is 1. The molecule has 5 heteroatoms. The molecule has 5 aliphatic rings. The molecule has 6 rings (SSSR count). The van der Waals surface area contributed by atoms with Crippen LogP contribution in [0.5, 0.6) is 0 Å². The summed E-state index contributed by atoms with van der Waals surface area (Å²) in [6.45, 7) is 16.6. The van der Waals surface area contributed by atoms with Gasteiger partial charge in [-0.15, -0.1) is 0 Å². The molecule has 0 radical (unpaired) electrons. The summed E-state index contributed by atoms with van der Waals surface area (Å²) in [5, 5.41) is 11.7. The van der Waals surface area contributed by atoms with E-state index in [1.54, 1.807) is 19.2 Å². The molecule has 0 aromatic heterocycles. The Bertz CT molecular complexity index is 1310. The van der Waals surface area contributed by atoms with Crippen LogP contribution < -0.4 is 0 Å². The summed E-state index contributed by atoms with van der Waals surface area (Å²) in [5.41, 5.74) is 1.36. The number of carbonyl (C=O) groups excluding carboxylic acids is 2. The first-order chi connectivity index (χ1) is 20.1. The summed E-state index contributed by atoms with van der Waals surface area (Å²) in [7, 11) is 1.57. The maximum atomic E-state index is 13.5. The molecule has 4 saturated carbocycles. The van der Waals surface area contributed by atoms with E-state index in [1.165, 1.54) is 5.57 Å². The van der Waals surface area contributed by atoms with E-state index < -0.39 is 17.6 Å². The fourth-order valence-corrected chi connectivity index (χ4v) is 11.8. The zero-order chi connectivity index (χ0) is 31.2. The fourth-order valence-electron chi connectivity index (χ4n) is 11.8. The first kappa shape index (κ1) is 30.9. The third-order valence-corrected chi connectivity index (χ3v) is 14.4. The lowest BCUT2D eigenvalue weighted by molar-refractivity contribution is -0.231. The average molecular weight is 591 g/mol. The monoisotopic (exact) mass is 590 g/mol. The van der Waals surface area contributed by atoms with Gasteiger partial charge >= 0.3 is 11.9 Å². The third kappa shape index (κ3) is 4.26. The van der Waals surface area contributed by atoms with Crippen molar-refractivity contribution in [1.82, 2.24) is 0 Å². The predicted octanol–water partition coefficient (Wildman–Crippen LogP) is 8.16. The highest BCUT2D eigenvalue weighted by molar-refractivity contribution is 5.89. The van der Waals surface area contributed by atoms with E-state index in [0.29, 0.717) is 23.8 Å². The normalized spacial score (nSPS) is 44.4. The standard InChI is InChI=1S/C38H54O5/c1-33(2)18-20-38(32(41)42-8)21-19-36(6)25(26(38)22-33)14-15-29-35(5)23-27(43-31(40)24-12-10-9-11-13-24)30(39)34(3,4)28(35)16-17-37(29,36)7/h9-14,26-30,39H,15-23H2,1-8H3. The zero-order valence-corrected chi connectivity index (χ0v) is 27.8. The molecule has 0 saturated heterocycles.